The molecule has 0 spiro atoms. The molecule has 2 heteroatoms. The van der Waals surface area contributed by atoms with Gasteiger partial charge in [0.25, 0.3) is 0 Å². The maximum Gasteiger partial charge on any atom is 0.0780 e. The van der Waals surface area contributed by atoms with Crippen molar-refractivity contribution in [3.05, 3.63) is 7.05 Å². The van der Waals surface area contributed by atoms with E-state index < -0.39 is 0 Å². The highest BCUT2D eigenvalue weighted by Gasteiger charge is 2.18. The molecule has 1 saturated heterocycles. The molecule has 0 radical (unpaired) electrons. The second-order valence-electron chi connectivity index (χ2n) is 2.53. The van der Waals surface area contributed by atoms with Crippen LogP contribution >= 0.6 is 0 Å². The van der Waals surface area contributed by atoms with Gasteiger partial charge in [-0.25, -0.2) is 0 Å². The number of hydrogen-bond donors (Lipinski definition) is 0. The average molecular weight is 128 g/mol. The molecule has 1 fully saturated rings. The molecule has 0 aromatic rings. The lowest BCUT2D eigenvalue weighted by Gasteiger charge is -2.42. The van der Waals surface area contributed by atoms with E-state index in [9.17, 15) is 0 Å². The molecule has 0 aromatic carbocycles. The van der Waals surface area contributed by atoms with Crippen LogP contribution in [0.25, 0.3) is 0 Å². The highest BCUT2D eigenvalue weighted by atomic mass is 16.5. The maximum absolute atomic E-state index is 5.42. The van der Waals surface area contributed by atoms with Crippen LogP contribution in [-0.4, -0.2) is 30.7 Å². The van der Waals surface area contributed by atoms with Gasteiger partial charge < -0.3 is 9.64 Å². The first kappa shape index (κ1) is 7.03. The summed E-state index contributed by atoms with van der Waals surface area (Å²) in [7, 11) is 3.76. The molecule has 0 aliphatic carbocycles. The molecule has 54 valence electrons. The van der Waals surface area contributed by atoms with Crippen molar-refractivity contribution in [1.29, 1.82) is 0 Å². The van der Waals surface area contributed by atoms with Gasteiger partial charge in [-0.3, -0.25) is 7.05 Å². The lowest BCUT2D eigenvalue weighted by atomic mass is 10.2. The van der Waals surface area contributed by atoms with Crippen molar-refractivity contribution in [1.82, 2.24) is 4.90 Å². The number of ether oxygens (including phenoxy) is 1. The van der Waals surface area contributed by atoms with Gasteiger partial charge in [0.1, 0.15) is 0 Å². The number of nitrogens with zero attached hydrogens (tertiary/aromatic N) is 1. The SMILES string of the molecule is [CH2-]N1CC(OCCC)C1. The normalized spacial score (nSPS) is 22.0. The largest absolute Gasteiger partial charge is 0.455 e. The van der Waals surface area contributed by atoms with E-state index in [2.05, 4.69) is 14.0 Å². The first-order valence-electron chi connectivity index (χ1n) is 3.50. The highest BCUT2D eigenvalue weighted by molar-refractivity contribution is 4.79. The molecular formula is C7H14NO-. The fourth-order valence-electron chi connectivity index (χ4n) is 0.912. The monoisotopic (exact) mass is 128 g/mol. The lowest BCUT2D eigenvalue weighted by Crippen LogP contribution is -2.48. The van der Waals surface area contributed by atoms with Gasteiger partial charge in [0.15, 0.2) is 0 Å². The molecule has 0 atom stereocenters. The van der Waals surface area contributed by atoms with E-state index in [4.69, 9.17) is 4.74 Å². The predicted molar refractivity (Wildman–Crippen MR) is 37.0 cm³/mol. The quantitative estimate of drug-likeness (QED) is 0.523. The minimum atomic E-state index is 0.474. The summed E-state index contributed by atoms with van der Waals surface area (Å²) in [4.78, 5) is 2.01. The Morgan fingerprint density at radius 2 is 2.33 bits per heavy atom. The molecule has 0 aromatic heterocycles. The Morgan fingerprint density at radius 1 is 1.67 bits per heavy atom. The Bertz CT molecular complexity index is 79.0. The molecule has 1 aliphatic heterocycles. The van der Waals surface area contributed by atoms with E-state index in [1.165, 1.54) is 0 Å². The third-order valence-electron chi connectivity index (χ3n) is 1.48. The van der Waals surface area contributed by atoms with Crippen LogP contribution in [0.1, 0.15) is 13.3 Å². The molecule has 0 N–H and O–H groups in total. The Balaban J connectivity index is 1.91. The van der Waals surface area contributed by atoms with E-state index in [1.807, 2.05) is 4.90 Å². The predicted octanol–water partition coefficient (Wildman–Crippen LogP) is 0.889. The summed E-state index contributed by atoms with van der Waals surface area (Å²) in [5.41, 5.74) is 0. The van der Waals surface area contributed by atoms with E-state index in [-0.39, 0.29) is 0 Å². The standard InChI is InChI=1S/C7H14NO/c1-3-4-9-7-5-8(2)6-7/h7H,2-6H2,1H3/q-1. The second-order valence-corrected chi connectivity index (χ2v) is 2.53. The van der Waals surface area contributed by atoms with Gasteiger partial charge in [0, 0.05) is 6.61 Å². The molecular weight excluding hydrogens is 114 g/mol. The highest BCUT2D eigenvalue weighted by Crippen LogP contribution is 2.08. The van der Waals surface area contributed by atoms with Crippen LogP contribution in [0.15, 0.2) is 0 Å². The third-order valence-corrected chi connectivity index (χ3v) is 1.48. The summed E-state index contributed by atoms with van der Waals surface area (Å²) >= 11 is 0. The lowest BCUT2D eigenvalue weighted by molar-refractivity contribution is -0.0351. The van der Waals surface area contributed by atoms with E-state index in [1.54, 1.807) is 0 Å². The number of likely N-dealkylation sites (tertiary alicyclic amines) is 1. The van der Waals surface area contributed by atoms with Gasteiger partial charge in [-0.1, -0.05) is 6.92 Å². The van der Waals surface area contributed by atoms with Crippen LogP contribution in [-0.2, 0) is 4.74 Å². The summed E-state index contributed by atoms with van der Waals surface area (Å²) in [5, 5.41) is 0. The fraction of sp³-hybridized carbons (Fsp3) is 0.857. The first-order valence-corrected chi connectivity index (χ1v) is 3.50. The van der Waals surface area contributed by atoms with Gasteiger partial charge in [0.2, 0.25) is 0 Å². The van der Waals surface area contributed by atoms with Crippen LogP contribution in [0, 0.1) is 7.05 Å². The van der Waals surface area contributed by atoms with Crippen molar-refractivity contribution in [2.75, 3.05) is 19.7 Å². The van der Waals surface area contributed by atoms with E-state index in [0.29, 0.717) is 6.10 Å². The maximum atomic E-state index is 5.42. The van der Waals surface area contributed by atoms with Crippen LogP contribution in [0.5, 0.6) is 0 Å². The fourth-order valence-corrected chi connectivity index (χ4v) is 0.912. The second kappa shape index (κ2) is 3.18. The van der Waals surface area contributed by atoms with Gasteiger partial charge in [0.05, 0.1) is 6.10 Å². The molecule has 1 rings (SSSR count). The zero-order valence-corrected chi connectivity index (χ0v) is 5.97. The average Bonchev–Trinajstić information content (AvgIpc) is 1.78. The van der Waals surface area contributed by atoms with Crippen LogP contribution < -0.4 is 0 Å². The minimum Gasteiger partial charge on any atom is -0.455 e. The third kappa shape index (κ3) is 1.95. The summed E-state index contributed by atoms with van der Waals surface area (Å²) in [5.74, 6) is 0. The Labute approximate surface area is 56.8 Å². The van der Waals surface area contributed by atoms with Gasteiger partial charge in [-0.05, 0) is 19.5 Å². The Kier molecular flexibility index (Phi) is 2.49. The van der Waals surface area contributed by atoms with Crippen LogP contribution in [0.2, 0.25) is 0 Å². The van der Waals surface area contributed by atoms with Crippen molar-refractivity contribution in [3.8, 4) is 0 Å². The van der Waals surface area contributed by atoms with Crippen molar-refractivity contribution in [2.24, 2.45) is 0 Å². The smallest absolute Gasteiger partial charge is 0.0780 e. The molecule has 0 amide bonds. The van der Waals surface area contributed by atoms with Crippen molar-refractivity contribution >= 4 is 0 Å². The van der Waals surface area contributed by atoms with Crippen molar-refractivity contribution in [3.63, 3.8) is 0 Å². The summed E-state index contributed by atoms with van der Waals surface area (Å²) in [6.07, 6.45) is 1.59. The molecule has 0 bridgehead atoms. The first-order chi connectivity index (χ1) is 4.33. The zero-order chi connectivity index (χ0) is 6.69. The molecule has 1 aliphatic rings. The minimum absolute atomic E-state index is 0.474. The summed E-state index contributed by atoms with van der Waals surface area (Å²) in [6, 6.07) is 0. The van der Waals surface area contributed by atoms with Gasteiger partial charge in [-0.15, -0.1) is 0 Å². The van der Waals surface area contributed by atoms with E-state index in [0.717, 1.165) is 26.1 Å². The molecule has 0 unspecified atom stereocenters. The molecule has 9 heavy (non-hydrogen) atoms. The molecule has 1 heterocycles. The van der Waals surface area contributed by atoms with E-state index >= 15 is 0 Å². The Morgan fingerprint density at radius 3 is 2.78 bits per heavy atom. The number of hydrogen-bond acceptors (Lipinski definition) is 2. The Hall–Kier alpha value is -0.0800. The molecule has 2 nitrogen and oxygen atoms in total. The summed E-state index contributed by atoms with van der Waals surface area (Å²) in [6.45, 7) is 5.05. The summed E-state index contributed by atoms with van der Waals surface area (Å²) < 4.78 is 5.42. The zero-order valence-electron chi connectivity index (χ0n) is 5.97. The number of rotatable bonds is 3. The van der Waals surface area contributed by atoms with Crippen molar-refractivity contribution in [2.45, 2.75) is 19.4 Å². The topological polar surface area (TPSA) is 12.5 Å². The van der Waals surface area contributed by atoms with Gasteiger partial charge in [-0.2, -0.15) is 0 Å². The van der Waals surface area contributed by atoms with Crippen molar-refractivity contribution < 1.29 is 4.74 Å². The van der Waals surface area contributed by atoms with Gasteiger partial charge >= 0.3 is 0 Å². The van der Waals surface area contributed by atoms with Crippen LogP contribution in [0.4, 0.5) is 0 Å². The molecule has 0 saturated carbocycles. The van der Waals surface area contributed by atoms with Crippen LogP contribution in [0.3, 0.4) is 0 Å².